The molecule has 88 valence electrons. The normalized spacial score (nSPS) is 10.4. The van der Waals surface area contributed by atoms with Crippen LogP contribution in [0.3, 0.4) is 0 Å². The number of nitrogens with one attached hydrogen (secondary N) is 1. The van der Waals surface area contributed by atoms with E-state index in [9.17, 15) is 4.79 Å². The van der Waals surface area contributed by atoms with Crippen LogP contribution in [0.1, 0.15) is 12.1 Å². The number of hydrogen-bond donors (Lipinski definition) is 2. The molecule has 0 atom stereocenters. The van der Waals surface area contributed by atoms with E-state index in [2.05, 4.69) is 30.9 Å². The molecule has 5 nitrogen and oxygen atoms in total. The van der Waals surface area contributed by atoms with Crippen molar-refractivity contribution in [3.63, 3.8) is 0 Å². The smallest absolute Gasteiger partial charge is 0.303 e. The van der Waals surface area contributed by atoms with Crippen LogP contribution >= 0.6 is 15.9 Å². The van der Waals surface area contributed by atoms with E-state index in [1.165, 1.54) is 0 Å². The summed E-state index contributed by atoms with van der Waals surface area (Å²) in [5.74, 6) is -0.191. The van der Waals surface area contributed by atoms with Gasteiger partial charge < -0.3 is 10.1 Å². The van der Waals surface area contributed by atoms with Crippen molar-refractivity contribution < 1.29 is 9.90 Å². The molecule has 0 unspecified atom stereocenters. The molecule has 2 heterocycles. The van der Waals surface area contributed by atoms with Crippen LogP contribution in [0.5, 0.6) is 0 Å². The van der Waals surface area contributed by atoms with Crippen molar-refractivity contribution in [2.75, 3.05) is 0 Å². The van der Waals surface area contributed by atoms with Gasteiger partial charge in [-0.3, -0.25) is 9.78 Å². The minimum Gasteiger partial charge on any atom is -0.481 e. The summed E-state index contributed by atoms with van der Waals surface area (Å²) in [4.78, 5) is 22.0. The molecular formula is C11H10BrN3O2. The van der Waals surface area contributed by atoms with E-state index >= 15 is 0 Å². The van der Waals surface area contributed by atoms with Crippen LogP contribution in [0.15, 0.2) is 29.0 Å². The van der Waals surface area contributed by atoms with Crippen LogP contribution < -0.4 is 0 Å². The highest BCUT2D eigenvalue weighted by molar-refractivity contribution is 9.10. The molecule has 0 bridgehead atoms. The van der Waals surface area contributed by atoms with E-state index in [0.717, 1.165) is 11.4 Å². The lowest BCUT2D eigenvalue weighted by Gasteiger charge is -1.95. The van der Waals surface area contributed by atoms with Gasteiger partial charge in [0.05, 0.1) is 12.1 Å². The maximum absolute atomic E-state index is 10.5. The number of imidazole rings is 1. The summed E-state index contributed by atoms with van der Waals surface area (Å²) >= 11 is 3.30. The van der Waals surface area contributed by atoms with E-state index in [4.69, 9.17) is 5.11 Å². The van der Waals surface area contributed by atoms with Gasteiger partial charge in [-0.2, -0.15) is 0 Å². The van der Waals surface area contributed by atoms with Crippen LogP contribution in [-0.4, -0.2) is 26.0 Å². The molecule has 0 aliphatic carbocycles. The average molecular weight is 296 g/mol. The molecule has 2 N–H and O–H groups in total. The van der Waals surface area contributed by atoms with E-state index in [1.807, 2.05) is 18.2 Å². The van der Waals surface area contributed by atoms with Crippen molar-refractivity contribution in [1.29, 1.82) is 0 Å². The van der Waals surface area contributed by atoms with Gasteiger partial charge in [-0.05, 0) is 28.1 Å². The molecule has 0 aromatic carbocycles. The molecule has 6 heteroatoms. The number of carboxylic acids is 1. The van der Waals surface area contributed by atoms with Gasteiger partial charge >= 0.3 is 5.97 Å². The molecule has 0 radical (unpaired) electrons. The zero-order chi connectivity index (χ0) is 12.3. The number of aromatic nitrogens is 3. The lowest BCUT2D eigenvalue weighted by Crippen LogP contribution is -1.98. The van der Waals surface area contributed by atoms with Crippen molar-refractivity contribution in [3.05, 3.63) is 34.7 Å². The second-order valence-corrected chi connectivity index (χ2v) is 4.21. The quantitative estimate of drug-likeness (QED) is 0.907. The first-order valence-corrected chi connectivity index (χ1v) is 5.83. The summed E-state index contributed by atoms with van der Waals surface area (Å²) in [5, 5.41) is 8.63. The number of aromatic amines is 1. The van der Waals surface area contributed by atoms with Gasteiger partial charge in [-0.25, -0.2) is 4.98 Å². The number of pyridine rings is 1. The second kappa shape index (κ2) is 5.09. The monoisotopic (exact) mass is 295 g/mol. The molecule has 0 aliphatic heterocycles. The Morgan fingerprint density at radius 1 is 1.47 bits per heavy atom. The van der Waals surface area contributed by atoms with E-state index in [1.54, 1.807) is 6.20 Å². The summed E-state index contributed by atoms with van der Waals surface area (Å²) < 4.78 is 0.638. The fourth-order valence-corrected chi connectivity index (χ4v) is 1.88. The molecule has 0 aliphatic rings. The molecule has 2 aromatic rings. The standard InChI is InChI=1S/C11H10BrN3O2/c12-10-7(4-5-9(16)17)14-11(15-10)8-3-1-2-6-13-8/h1-3,6H,4-5H2,(H,14,15)(H,16,17). The summed E-state index contributed by atoms with van der Waals surface area (Å²) in [6, 6.07) is 5.54. The Morgan fingerprint density at radius 2 is 2.29 bits per heavy atom. The molecular weight excluding hydrogens is 286 g/mol. The Bertz CT molecular complexity index is 525. The first-order chi connectivity index (χ1) is 8.16. The number of aryl methyl sites for hydroxylation is 1. The zero-order valence-electron chi connectivity index (χ0n) is 8.85. The Balaban J connectivity index is 2.22. The van der Waals surface area contributed by atoms with Crippen LogP contribution in [0, 0.1) is 0 Å². The number of aliphatic carboxylic acids is 1. The van der Waals surface area contributed by atoms with Gasteiger partial charge in [-0.1, -0.05) is 6.07 Å². The van der Waals surface area contributed by atoms with E-state index in [-0.39, 0.29) is 6.42 Å². The minimum absolute atomic E-state index is 0.0719. The Kier molecular flexibility index (Phi) is 3.53. The van der Waals surface area contributed by atoms with Crippen LogP contribution in [0.25, 0.3) is 11.5 Å². The van der Waals surface area contributed by atoms with E-state index < -0.39 is 5.97 Å². The van der Waals surface area contributed by atoms with Crippen LogP contribution in [0.4, 0.5) is 0 Å². The minimum atomic E-state index is -0.828. The molecule has 0 spiro atoms. The molecule has 0 fully saturated rings. The topological polar surface area (TPSA) is 78.9 Å². The van der Waals surface area contributed by atoms with Gasteiger partial charge in [0.2, 0.25) is 0 Å². The Morgan fingerprint density at radius 3 is 2.94 bits per heavy atom. The van der Waals surface area contributed by atoms with Crippen molar-refractivity contribution >= 4 is 21.9 Å². The predicted octanol–water partition coefficient (Wildman–Crippen LogP) is 2.25. The molecule has 17 heavy (non-hydrogen) atoms. The number of halogens is 1. The number of nitrogens with zero attached hydrogens (tertiary/aromatic N) is 2. The summed E-state index contributed by atoms with van der Waals surface area (Å²) in [7, 11) is 0. The second-order valence-electron chi connectivity index (χ2n) is 3.46. The fourth-order valence-electron chi connectivity index (χ4n) is 1.41. The molecule has 0 amide bonds. The largest absolute Gasteiger partial charge is 0.481 e. The first-order valence-electron chi connectivity index (χ1n) is 5.04. The van der Waals surface area contributed by atoms with Gasteiger partial charge in [0.1, 0.15) is 10.3 Å². The number of carboxylic acid groups (broad SMARTS) is 1. The lowest BCUT2D eigenvalue weighted by molar-refractivity contribution is -0.136. The van der Waals surface area contributed by atoms with Crippen LogP contribution in [-0.2, 0) is 11.2 Å². The summed E-state index contributed by atoms with van der Waals surface area (Å²) in [5.41, 5.74) is 1.50. The first kappa shape index (κ1) is 11.8. The maximum Gasteiger partial charge on any atom is 0.303 e. The SMILES string of the molecule is O=C(O)CCc1[nH]c(-c2ccccn2)nc1Br. The fraction of sp³-hybridized carbons (Fsp3) is 0.182. The van der Waals surface area contributed by atoms with Crippen molar-refractivity contribution in [3.8, 4) is 11.5 Å². The van der Waals surface area contributed by atoms with Crippen molar-refractivity contribution in [1.82, 2.24) is 15.0 Å². The van der Waals surface area contributed by atoms with Crippen molar-refractivity contribution in [2.24, 2.45) is 0 Å². The molecule has 2 aromatic heterocycles. The van der Waals surface area contributed by atoms with Gasteiger partial charge in [-0.15, -0.1) is 0 Å². The highest BCUT2D eigenvalue weighted by Crippen LogP contribution is 2.21. The zero-order valence-corrected chi connectivity index (χ0v) is 10.4. The third kappa shape index (κ3) is 2.91. The lowest BCUT2D eigenvalue weighted by atomic mass is 10.2. The van der Waals surface area contributed by atoms with Gasteiger partial charge in [0.25, 0.3) is 0 Å². The van der Waals surface area contributed by atoms with Gasteiger partial charge in [0.15, 0.2) is 5.82 Å². The van der Waals surface area contributed by atoms with Crippen molar-refractivity contribution in [2.45, 2.75) is 12.8 Å². The summed E-state index contributed by atoms with van der Waals surface area (Å²) in [6.07, 6.45) is 2.17. The van der Waals surface area contributed by atoms with Gasteiger partial charge in [0, 0.05) is 12.6 Å². The highest BCUT2D eigenvalue weighted by Gasteiger charge is 2.11. The average Bonchev–Trinajstić information content (AvgIpc) is 2.69. The van der Waals surface area contributed by atoms with Crippen LogP contribution in [0.2, 0.25) is 0 Å². The Hall–Kier alpha value is -1.69. The predicted molar refractivity (Wildman–Crippen MR) is 65.5 cm³/mol. The Labute approximate surface area is 106 Å². The number of H-pyrrole nitrogens is 1. The number of rotatable bonds is 4. The molecule has 0 saturated heterocycles. The number of hydrogen-bond acceptors (Lipinski definition) is 3. The molecule has 2 rings (SSSR count). The molecule has 0 saturated carbocycles. The highest BCUT2D eigenvalue weighted by atomic mass is 79.9. The third-order valence-corrected chi connectivity index (χ3v) is 2.88. The van der Waals surface area contributed by atoms with E-state index in [0.29, 0.717) is 16.8 Å². The third-order valence-electron chi connectivity index (χ3n) is 2.22. The maximum atomic E-state index is 10.5. The summed E-state index contributed by atoms with van der Waals surface area (Å²) in [6.45, 7) is 0. The number of carbonyl (C=O) groups is 1.